The van der Waals surface area contributed by atoms with Gasteiger partial charge in [-0.25, -0.2) is 0 Å². The van der Waals surface area contributed by atoms with Gasteiger partial charge in [-0.3, -0.25) is 0 Å². The first-order valence-corrected chi connectivity index (χ1v) is 8.31. The summed E-state index contributed by atoms with van der Waals surface area (Å²) in [4.78, 5) is 0. The highest BCUT2D eigenvalue weighted by molar-refractivity contribution is 9.10. The molecule has 1 atom stereocenters. The molecular weight excluding hydrogens is 348 g/mol. The average molecular weight is 366 g/mol. The second kappa shape index (κ2) is 5.33. The zero-order valence-electron chi connectivity index (χ0n) is 12.4. The van der Waals surface area contributed by atoms with Gasteiger partial charge in [0, 0.05) is 10.9 Å². The lowest BCUT2D eigenvalue weighted by atomic mass is 9.97. The van der Waals surface area contributed by atoms with E-state index in [2.05, 4.69) is 67.0 Å². The van der Waals surface area contributed by atoms with E-state index in [4.69, 9.17) is 16.3 Å². The molecule has 1 aliphatic heterocycles. The van der Waals surface area contributed by atoms with Crippen LogP contribution in [0.2, 0.25) is 0 Å². The molecule has 0 aliphatic carbocycles. The highest BCUT2D eigenvalue weighted by atomic mass is 79.9. The van der Waals surface area contributed by atoms with Gasteiger partial charge in [0.25, 0.3) is 0 Å². The van der Waals surface area contributed by atoms with Gasteiger partial charge in [0.1, 0.15) is 11.4 Å². The van der Waals surface area contributed by atoms with E-state index in [1.807, 2.05) is 6.07 Å². The van der Waals surface area contributed by atoms with Crippen molar-refractivity contribution in [2.24, 2.45) is 0 Å². The summed E-state index contributed by atoms with van der Waals surface area (Å²) in [5.41, 5.74) is 4.56. The third-order valence-corrected chi connectivity index (χ3v) is 5.01. The van der Waals surface area contributed by atoms with Crippen LogP contribution in [-0.4, -0.2) is 5.60 Å². The molecule has 0 spiro atoms. The monoisotopic (exact) mass is 364 g/mol. The quantitative estimate of drug-likeness (QED) is 0.611. The van der Waals surface area contributed by atoms with Crippen LogP contribution < -0.4 is 4.74 Å². The number of rotatable bonds is 2. The maximum Gasteiger partial charge on any atom is 0.123 e. The Morgan fingerprint density at radius 1 is 1.19 bits per heavy atom. The fraction of sp³-hybridized carbons (Fsp3) is 0.333. The van der Waals surface area contributed by atoms with Gasteiger partial charge < -0.3 is 4.74 Å². The number of aryl methyl sites for hydroxylation is 1. The second-order valence-electron chi connectivity index (χ2n) is 6.29. The summed E-state index contributed by atoms with van der Waals surface area (Å²) in [5, 5.41) is -0.159. The summed E-state index contributed by atoms with van der Waals surface area (Å²) in [6.45, 7) is 6.31. The predicted molar refractivity (Wildman–Crippen MR) is 91.4 cm³/mol. The van der Waals surface area contributed by atoms with Gasteiger partial charge in [0.05, 0.1) is 5.38 Å². The van der Waals surface area contributed by atoms with Crippen molar-refractivity contribution in [1.82, 2.24) is 0 Å². The zero-order chi connectivity index (χ0) is 15.2. The Kier molecular flexibility index (Phi) is 3.79. The molecule has 110 valence electrons. The Bertz CT molecular complexity index is 694. The Balaban J connectivity index is 1.97. The summed E-state index contributed by atoms with van der Waals surface area (Å²) in [6, 6.07) is 12.5. The van der Waals surface area contributed by atoms with Crippen molar-refractivity contribution in [3.63, 3.8) is 0 Å². The Labute approximate surface area is 139 Å². The number of hydrogen-bond acceptors (Lipinski definition) is 1. The smallest absolute Gasteiger partial charge is 0.123 e. The van der Waals surface area contributed by atoms with Crippen LogP contribution in [0.5, 0.6) is 5.75 Å². The average Bonchev–Trinajstić information content (AvgIpc) is 2.73. The molecule has 21 heavy (non-hydrogen) atoms. The lowest BCUT2D eigenvalue weighted by molar-refractivity contribution is 0.138. The summed E-state index contributed by atoms with van der Waals surface area (Å²) in [5.74, 6) is 0.982. The third kappa shape index (κ3) is 2.97. The minimum atomic E-state index is -0.159. The highest BCUT2D eigenvalue weighted by Gasteiger charge is 2.30. The first-order chi connectivity index (χ1) is 9.85. The molecule has 3 heteroatoms. The number of fused-ring (bicyclic) bond motifs is 1. The molecule has 0 bridgehead atoms. The maximum absolute atomic E-state index is 6.71. The molecule has 1 unspecified atom stereocenters. The van der Waals surface area contributed by atoms with Crippen molar-refractivity contribution in [2.75, 3.05) is 0 Å². The van der Waals surface area contributed by atoms with Gasteiger partial charge in [0.15, 0.2) is 0 Å². The number of alkyl halides is 1. The van der Waals surface area contributed by atoms with Crippen LogP contribution in [0.1, 0.15) is 41.5 Å². The highest BCUT2D eigenvalue weighted by Crippen LogP contribution is 2.40. The summed E-state index contributed by atoms with van der Waals surface area (Å²) in [7, 11) is 0. The molecule has 1 aliphatic rings. The van der Waals surface area contributed by atoms with E-state index < -0.39 is 0 Å². The fourth-order valence-corrected chi connectivity index (χ4v) is 3.75. The standard InChI is InChI=1S/C18H18BrClO/c1-11-4-6-15(19)14(8-11)17(20)12-5-7-16-13(9-12)10-18(2,3)21-16/h4-9,17H,10H2,1-3H3. The van der Waals surface area contributed by atoms with Crippen molar-refractivity contribution in [3.05, 3.63) is 63.1 Å². The summed E-state index contributed by atoms with van der Waals surface area (Å²) in [6.07, 6.45) is 0.925. The Morgan fingerprint density at radius 2 is 1.95 bits per heavy atom. The van der Waals surface area contributed by atoms with Gasteiger partial charge in [-0.2, -0.15) is 0 Å². The predicted octanol–water partition coefficient (Wildman–Crippen LogP) is 5.80. The van der Waals surface area contributed by atoms with Crippen molar-refractivity contribution in [2.45, 2.75) is 38.2 Å². The van der Waals surface area contributed by atoms with Crippen LogP contribution in [0.4, 0.5) is 0 Å². The fourth-order valence-electron chi connectivity index (χ4n) is 2.82. The molecule has 0 radical (unpaired) electrons. The van der Waals surface area contributed by atoms with E-state index in [9.17, 15) is 0 Å². The lowest BCUT2D eigenvalue weighted by Crippen LogP contribution is -2.24. The summed E-state index contributed by atoms with van der Waals surface area (Å²) < 4.78 is 6.97. The molecular formula is C18H18BrClO. The Hall–Kier alpha value is -0.990. The SMILES string of the molecule is Cc1ccc(Br)c(C(Cl)c2ccc3c(c2)CC(C)(C)O3)c1. The third-order valence-electron chi connectivity index (χ3n) is 3.80. The van der Waals surface area contributed by atoms with Crippen molar-refractivity contribution in [3.8, 4) is 5.75 Å². The maximum atomic E-state index is 6.71. The van der Waals surface area contributed by atoms with E-state index in [0.29, 0.717) is 0 Å². The van der Waals surface area contributed by atoms with Gasteiger partial charge in [-0.15, -0.1) is 11.6 Å². The first-order valence-electron chi connectivity index (χ1n) is 7.08. The molecule has 0 saturated heterocycles. The van der Waals surface area contributed by atoms with Crippen LogP contribution in [0.25, 0.3) is 0 Å². The van der Waals surface area contributed by atoms with Gasteiger partial charge in [0.2, 0.25) is 0 Å². The number of hydrogen-bond donors (Lipinski definition) is 0. The molecule has 0 aromatic heterocycles. The van der Waals surface area contributed by atoms with Crippen molar-refractivity contribution >= 4 is 27.5 Å². The van der Waals surface area contributed by atoms with E-state index in [-0.39, 0.29) is 11.0 Å². The van der Waals surface area contributed by atoms with Crippen LogP contribution in [-0.2, 0) is 6.42 Å². The van der Waals surface area contributed by atoms with Gasteiger partial charge in [-0.05, 0) is 49.6 Å². The number of benzene rings is 2. The van der Waals surface area contributed by atoms with E-state index >= 15 is 0 Å². The topological polar surface area (TPSA) is 9.23 Å². The van der Waals surface area contributed by atoms with E-state index in [1.54, 1.807) is 0 Å². The first kappa shape index (κ1) is 14.9. The van der Waals surface area contributed by atoms with Crippen molar-refractivity contribution in [1.29, 1.82) is 0 Å². The van der Waals surface area contributed by atoms with Crippen LogP contribution in [0.15, 0.2) is 40.9 Å². The molecule has 0 fully saturated rings. The van der Waals surface area contributed by atoms with Gasteiger partial charge in [-0.1, -0.05) is 45.8 Å². The van der Waals surface area contributed by atoms with Crippen LogP contribution in [0, 0.1) is 6.92 Å². The van der Waals surface area contributed by atoms with Gasteiger partial charge >= 0.3 is 0 Å². The molecule has 0 saturated carbocycles. The molecule has 2 aromatic carbocycles. The molecule has 1 nitrogen and oxygen atoms in total. The van der Waals surface area contributed by atoms with E-state index in [1.165, 1.54) is 11.1 Å². The molecule has 0 amide bonds. The number of ether oxygens (including phenoxy) is 1. The largest absolute Gasteiger partial charge is 0.487 e. The lowest BCUT2D eigenvalue weighted by Gasteiger charge is -2.16. The Morgan fingerprint density at radius 3 is 2.71 bits per heavy atom. The normalized spacial score (nSPS) is 17.2. The minimum absolute atomic E-state index is 0.118. The van der Waals surface area contributed by atoms with Crippen LogP contribution in [0.3, 0.4) is 0 Å². The molecule has 0 N–H and O–H groups in total. The molecule has 1 heterocycles. The van der Waals surface area contributed by atoms with E-state index in [0.717, 1.165) is 27.8 Å². The van der Waals surface area contributed by atoms with Crippen LogP contribution >= 0.6 is 27.5 Å². The molecule has 2 aromatic rings. The molecule has 3 rings (SSSR count). The van der Waals surface area contributed by atoms with Crippen molar-refractivity contribution < 1.29 is 4.74 Å². The second-order valence-corrected chi connectivity index (χ2v) is 7.58. The zero-order valence-corrected chi connectivity index (χ0v) is 14.8. The summed E-state index contributed by atoms with van der Waals surface area (Å²) >= 11 is 10.3. The minimum Gasteiger partial charge on any atom is -0.487 e. The number of halogens is 2.